The summed E-state index contributed by atoms with van der Waals surface area (Å²) in [7, 11) is 4.96. The van der Waals surface area contributed by atoms with Crippen LogP contribution in [-0.2, 0) is 52.1 Å². The fourth-order valence-electron chi connectivity index (χ4n) is 15.5. The van der Waals surface area contributed by atoms with Crippen LogP contribution in [0.1, 0.15) is 232 Å². The number of aryl methyl sites for hydroxylation is 4. The molecular weight excluding hydrogens is 1460 g/mol. The van der Waals surface area contributed by atoms with Crippen molar-refractivity contribution in [2.75, 3.05) is 16.0 Å². The maximum Gasteiger partial charge on any atom is 0.294 e. The molecule has 7 heterocycles. The van der Waals surface area contributed by atoms with Crippen LogP contribution >= 0.6 is 22.7 Å². The molecule has 0 saturated heterocycles. The van der Waals surface area contributed by atoms with E-state index in [2.05, 4.69) is 52.2 Å². The minimum absolute atomic E-state index is 0.119. The Balaban J connectivity index is 0.000000165. The van der Waals surface area contributed by atoms with Gasteiger partial charge < -0.3 is 54.6 Å². The Labute approximate surface area is 648 Å². The minimum Gasteiger partial charge on any atom is -0.344 e. The number of thiophene rings is 2. The molecule has 0 bridgehead atoms. The topological polar surface area (TPSA) is 318 Å². The third-order valence-corrected chi connectivity index (χ3v) is 23.6. The van der Waals surface area contributed by atoms with Gasteiger partial charge in [-0.3, -0.25) is 43.2 Å². The smallest absolute Gasteiger partial charge is 0.294 e. The number of ketones is 3. The monoisotopic (exact) mass is 1550 g/mol. The zero-order chi connectivity index (χ0) is 80.1. The summed E-state index contributed by atoms with van der Waals surface area (Å²) in [6.07, 6.45) is 12.4. The van der Waals surface area contributed by atoms with E-state index in [0.29, 0.717) is 122 Å². The molecule has 3 aliphatic carbocycles. The number of carbonyl (C=O) groups excluding carboxylic acids is 9. The molecule has 0 aliphatic heterocycles. The first-order valence-electron chi connectivity index (χ1n) is 36.8. The maximum absolute atomic E-state index is 13.7. The highest BCUT2D eigenvalue weighted by molar-refractivity contribution is 7.13. The van der Waals surface area contributed by atoms with Gasteiger partial charge in [-0.25, -0.2) is 13.2 Å². The number of hydrogen-bond donors (Lipinski definition) is 6. The summed E-state index contributed by atoms with van der Waals surface area (Å²) >= 11 is 3.06. The number of nitrogens with zero attached hydrogens (tertiary/aromatic N) is 7. The Morgan fingerprint density at radius 2 is 0.748 bits per heavy atom. The molecule has 6 N–H and O–H groups in total. The number of aromatic nitrogens is 7. The van der Waals surface area contributed by atoms with Gasteiger partial charge in [0.15, 0.2) is 11.6 Å². The summed E-state index contributed by atoms with van der Waals surface area (Å²) in [6, 6.07) is 20.6. The summed E-state index contributed by atoms with van der Waals surface area (Å²) in [5.74, 6) is -5.34. The van der Waals surface area contributed by atoms with Crippen LogP contribution in [0.25, 0.3) is 10.8 Å². The number of nitrogens with one attached hydrogen (secondary N) is 6. The lowest BCUT2D eigenvalue weighted by Gasteiger charge is -2.37. The zero-order valence-corrected chi connectivity index (χ0v) is 66.0. The first kappa shape index (κ1) is 80.8. The minimum atomic E-state index is -0.932. The van der Waals surface area contributed by atoms with Crippen LogP contribution < -0.4 is 31.9 Å². The van der Waals surface area contributed by atoms with Gasteiger partial charge in [0.1, 0.15) is 28.5 Å². The number of rotatable bonds is 19. The fraction of sp³-hybridized carbons (Fsp3) is 0.378. The Hall–Kier alpha value is -11.2. The number of carbonyl (C=O) groups is 9. The predicted molar refractivity (Wildman–Crippen MR) is 415 cm³/mol. The standard InChI is InChI=1S/C29H30FN5O4S.C27H30FN3O3S.C26H30FN5O4/c1-16-15-19(10-11-20(16)30)31-25(37)22-17(2)23(35(4)18(22)3)24(36)26(38)33-29(12-6-5-7-13-29)28-32-27(39-34-28)21-9-8-14-40-21;1-16-15-19(10-11-20(16)28)29-25(33)22-17(2)23(31(4)18(22)3)24(32)26(34)30-27(12-6-5-7-13-27)21-9-8-14-35-21;1-14-13-18(9-10-19(14)27)29-23(34)20-15(2)21(32(5)16(20)3)22(33)24(35)30-26(11-7-6-8-12-26)25-28-17(4)36-31-25/h8-11,14-15H,5-7,12-13H2,1-4H3,(H,31,37)(H,33,38);8-11,14-15H,5-7,12-13H2,1-4H3,(H,29,33)(H,30,34);9-10,13H,6-8,11-12H2,1-5H3,(H,29,34)(H,30,35). The highest BCUT2D eigenvalue weighted by Crippen LogP contribution is 2.42. The molecule has 111 heavy (non-hydrogen) atoms. The first-order valence-corrected chi connectivity index (χ1v) is 38.6. The maximum atomic E-state index is 13.7. The quantitative estimate of drug-likeness (QED) is 0.0324. The second-order valence-corrected chi connectivity index (χ2v) is 30.9. The van der Waals surface area contributed by atoms with Crippen molar-refractivity contribution in [3.8, 4) is 10.8 Å². The third-order valence-electron chi connectivity index (χ3n) is 21.7. The van der Waals surface area contributed by atoms with E-state index in [4.69, 9.17) is 9.05 Å². The molecule has 0 radical (unpaired) electrons. The molecule has 7 aromatic heterocycles. The largest absolute Gasteiger partial charge is 0.344 e. The van der Waals surface area contributed by atoms with Gasteiger partial charge in [-0.2, -0.15) is 9.97 Å². The Morgan fingerprint density at radius 3 is 1.07 bits per heavy atom. The Morgan fingerprint density at radius 1 is 0.414 bits per heavy atom. The van der Waals surface area contributed by atoms with Gasteiger partial charge in [0, 0.05) is 67.1 Å². The van der Waals surface area contributed by atoms with Crippen LogP contribution in [-0.4, -0.2) is 86.8 Å². The van der Waals surface area contributed by atoms with Crippen molar-refractivity contribution in [1.29, 1.82) is 0 Å². The predicted octanol–water partition coefficient (Wildman–Crippen LogP) is 15.4. The molecule has 3 aliphatic rings. The van der Waals surface area contributed by atoms with E-state index in [9.17, 15) is 56.3 Å². The molecular formula is C82H90F3N13O11S2. The van der Waals surface area contributed by atoms with Gasteiger partial charge in [-0.1, -0.05) is 80.2 Å². The molecule has 0 spiro atoms. The average Bonchev–Trinajstić information content (AvgIpc) is 1.66. The van der Waals surface area contributed by atoms with Crippen molar-refractivity contribution < 1.29 is 65.4 Å². The van der Waals surface area contributed by atoms with E-state index < -0.39 is 69.4 Å². The van der Waals surface area contributed by atoms with Crippen molar-refractivity contribution in [3.05, 3.63) is 214 Å². The van der Waals surface area contributed by atoms with Crippen molar-refractivity contribution in [1.82, 2.24) is 49.9 Å². The second-order valence-electron chi connectivity index (χ2n) is 29.0. The van der Waals surface area contributed by atoms with Gasteiger partial charge in [0.25, 0.3) is 58.7 Å². The van der Waals surface area contributed by atoms with Gasteiger partial charge in [0.2, 0.25) is 5.89 Å². The highest BCUT2D eigenvalue weighted by atomic mass is 32.1. The van der Waals surface area contributed by atoms with E-state index in [0.717, 1.165) is 80.4 Å². The number of amides is 6. The third kappa shape index (κ3) is 16.8. The summed E-state index contributed by atoms with van der Waals surface area (Å²) in [6.45, 7) is 16.6. The normalized spacial score (nSPS) is 14.8. The first-order chi connectivity index (χ1) is 52.8. The van der Waals surface area contributed by atoms with Crippen LogP contribution in [0.5, 0.6) is 0 Å². The molecule has 3 saturated carbocycles. The molecule has 24 nitrogen and oxygen atoms in total. The molecule has 3 fully saturated rings. The molecule has 6 amide bonds. The summed E-state index contributed by atoms with van der Waals surface area (Å²) in [5.41, 5.74) is 4.36. The molecule has 3 aromatic carbocycles. The zero-order valence-electron chi connectivity index (χ0n) is 64.3. The van der Waals surface area contributed by atoms with E-state index >= 15 is 0 Å². The van der Waals surface area contributed by atoms with Crippen LogP contribution in [0.2, 0.25) is 0 Å². The van der Waals surface area contributed by atoms with Gasteiger partial charge in [-0.05, 0) is 212 Å². The molecule has 0 atom stereocenters. The number of Topliss-reactive ketones (excluding diaryl/α,β-unsaturated/α-hetero) is 3. The van der Waals surface area contributed by atoms with Crippen molar-refractivity contribution >= 4 is 92.5 Å². The van der Waals surface area contributed by atoms with Crippen molar-refractivity contribution in [3.63, 3.8) is 0 Å². The van der Waals surface area contributed by atoms with E-state index in [1.807, 2.05) is 35.0 Å². The lowest BCUT2D eigenvalue weighted by Crippen LogP contribution is -2.50. The number of anilines is 3. The molecule has 10 aromatic rings. The number of hydrogen-bond acceptors (Lipinski definition) is 17. The highest BCUT2D eigenvalue weighted by Gasteiger charge is 2.45. The Kier molecular flexibility index (Phi) is 24.4. The fourth-order valence-corrected chi connectivity index (χ4v) is 17.1. The van der Waals surface area contributed by atoms with Crippen LogP contribution in [0, 0.1) is 86.7 Å². The lowest BCUT2D eigenvalue weighted by atomic mass is 9.80. The summed E-state index contributed by atoms with van der Waals surface area (Å²) in [5, 5.41) is 29.3. The molecule has 29 heteroatoms. The van der Waals surface area contributed by atoms with Gasteiger partial charge in [-0.15, -0.1) is 22.7 Å². The van der Waals surface area contributed by atoms with E-state index in [1.165, 1.54) is 59.9 Å². The Bertz CT molecular complexity index is 5260. The van der Waals surface area contributed by atoms with Gasteiger partial charge >= 0.3 is 0 Å². The van der Waals surface area contributed by atoms with Crippen molar-refractivity contribution in [2.45, 2.75) is 182 Å². The van der Waals surface area contributed by atoms with Crippen molar-refractivity contribution in [2.24, 2.45) is 21.1 Å². The SMILES string of the molecule is Cc1cc(NC(=O)c2c(C)c(C(=O)C(=O)NC3(c4cccs4)CCCCC3)n(C)c2C)ccc1F.Cc1cc(NC(=O)c2c(C)c(C(=O)C(=O)NC3(c4noc(-c5cccs5)n4)CCCCC3)n(C)c2C)ccc1F.Cc1nc(C2(NC(=O)C(=O)c3c(C)c(C(=O)Nc4ccc(F)c(C)c4)c(C)n3C)CCCCC2)no1. The molecule has 582 valence electrons. The van der Waals surface area contributed by atoms with Crippen LogP contribution in [0.4, 0.5) is 30.2 Å². The average molecular weight is 1550 g/mol. The summed E-state index contributed by atoms with van der Waals surface area (Å²) < 4.78 is 56.2. The molecule has 13 rings (SSSR count). The second kappa shape index (κ2) is 33.6. The number of halogens is 3. The van der Waals surface area contributed by atoms with Crippen LogP contribution in [0.3, 0.4) is 0 Å². The van der Waals surface area contributed by atoms with Crippen LogP contribution in [0.15, 0.2) is 98.7 Å². The van der Waals surface area contributed by atoms with Gasteiger partial charge in [0.05, 0.1) is 44.2 Å². The number of benzene rings is 3. The lowest BCUT2D eigenvalue weighted by molar-refractivity contribution is -0.120. The van der Waals surface area contributed by atoms with E-state index in [1.54, 1.807) is 121 Å². The van der Waals surface area contributed by atoms with E-state index in [-0.39, 0.29) is 45.7 Å². The molecule has 0 unspecified atom stereocenters. The summed E-state index contributed by atoms with van der Waals surface area (Å²) in [4.78, 5) is 131.